The van der Waals surface area contributed by atoms with E-state index in [0.29, 0.717) is 37.5 Å². The van der Waals surface area contributed by atoms with Crippen LogP contribution in [0, 0.1) is 17.3 Å². The number of carboxylic acid groups (broad SMARTS) is 2. The second kappa shape index (κ2) is 52.7. The molecule has 0 heterocycles. The molecule has 5 heteroatoms. The molecule has 63 heavy (non-hydrogen) atoms. The topological polar surface area (TPSA) is 80.3 Å². The molecule has 374 valence electrons. The Labute approximate surface area is 407 Å². The zero-order valence-corrected chi connectivity index (χ0v) is 46.9. The first-order valence-electron chi connectivity index (χ1n) is 28.9. The van der Waals surface area contributed by atoms with E-state index in [0.717, 1.165) is 51.4 Å². The van der Waals surface area contributed by atoms with Gasteiger partial charge in [0.2, 0.25) is 0 Å². The third kappa shape index (κ3) is 46.6. The van der Waals surface area contributed by atoms with E-state index in [1.165, 1.54) is 193 Å². The van der Waals surface area contributed by atoms with Gasteiger partial charge >= 0.3 is 171 Å². The van der Waals surface area contributed by atoms with Crippen molar-refractivity contribution in [3.05, 3.63) is 0 Å². The van der Waals surface area contributed by atoms with E-state index in [-0.39, 0.29) is 27.6 Å². The molecule has 0 rings (SSSR count). The summed E-state index contributed by atoms with van der Waals surface area (Å²) in [4.78, 5) is 23.1. The van der Waals surface area contributed by atoms with Crippen LogP contribution in [-0.2, 0) is 9.59 Å². The zero-order valence-electron chi connectivity index (χ0n) is 44.0. The molecule has 0 radical (unpaired) electrons. The van der Waals surface area contributed by atoms with Gasteiger partial charge in [-0.15, -0.1) is 0 Å². The fraction of sp³-hybridized carbons (Fsp3) is 0.966. The summed E-state index contributed by atoms with van der Waals surface area (Å²) in [6.07, 6.45) is 58.1. The zero-order chi connectivity index (χ0) is 46.8. The molecule has 2 atom stereocenters. The van der Waals surface area contributed by atoms with Crippen LogP contribution in [0.4, 0.5) is 0 Å². The Bertz CT molecular complexity index is 855. The molecule has 0 amide bonds. The maximum absolute atomic E-state index is 12.3. The van der Waals surface area contributed by atoms with E-state index in [4.69, 9.17) is 0 Å². The van der Waals surface area contributed by atoms with Crippen LogP contribution in [-0.4, -0.2) is 33.1 Å². The fourth-order valence-electron chi connectivity index (χ4n) is 9.84. The van der Waals surface area contributed by atoms with E-state index < -0.39 is 17.4 Å². The predicted octanol–water partition coefficient (Wildman–Crippen LogP) is 17.9. The molecule has 0 aromatic rings. The summed E-state index contributed by atoms with van der Waals surface area (Å²) in [5.74, 6) is -1.37. The third-order valence-corrected chi connectivity index (χ3v) is 18.4. The van der Waals surface area contributed by atoms with Gasteiger partial charge in [0.1, 0.15) is 0 Å². The number of hydrogen-bond donors (Lipinski definition) is 0. The van der Waals surface area contributed by atoms with Gasteiger partial charge in [-0.05, 0) is 43.9 Å². The molecular formula is C58H114O4Sn. The molecule has 0 spiro atoms. The number of aliphatic carboxylic acids is 2. The van der Waals surface area contributed by atoms with Gasteiger partial charge in [-0.3, -0.25) is 0 Å². The van der Waals surface area contributed by atoms with E-state index in [2.05, 4.69) is 41.5 Å². The molecule has 0 aliphatic carbocycles. The number of hydrogen-bond acceptors (Lipinski definition) is 4. The van der Waals surface area contributed by atoms with Crippen molar-refractivity contribution in [1.29, 1.82) is 0 Å². The van der Waals surface area contributed by atoms with Gasteiger partial charge in [-0.2, -0.15) is 0 Å². The van der Waals surface area contributed by atoms with Crippen LogP contribution in [0.3, 0.4) is 0 Å². The Balaban J connectivity index is 0. The van der Waals surface area contributed by atoms with E-state index >= 15 is 0 Å². The predicted molar refractivity (Wildman–Crippen MR) is 277 cm³/mol. The summed E-state index contributed by atoms with van der Waals surface area (Å²) < 4.78 is 3.33. The summed E-state index contributed by atoms with van der Waals surface area (Å²) in [5, 5.41) is 23.1. The van der Waals surface area contributed by atoms with Crippen molar-refractivity contribution in [2.24, 2.45) is 17.3 Å². The SMILES string of the molecule is CCCCC(CC)CC(CCCC(=O)[O-])(CC(CC)CCCC)C(=O)[O-].CCCCCCCCCCCCCCCCC[CH2][Sn+2][CH2]CCCCCCCCCCCCCCCCC. The molecule has 0 saturated heterocycles. The second-order valence-corrected chi connectivity index (χ2v) is 24.7. The monoisotopic (exact) mass is 995 g/mol. The normalized spacial score (nSPS) is 13.2. The molecular weight excluding hydrogens is 879 g/mol. The average Bonchev–Trinajstić information content (AvgIpc) is 3.27. The van der Waals surface area contributed by atoms with Gasteiger partial charge in [0.05, 0.1) is 0 Å². The summed E-state index contributed by atoms with van der Waals surface area (Å²) >= 11 is 0.00985. The summed E-state index contributed by atoms with van der Waals surface area (Å²) in [6.45, 7) is 13.2. The first-order valence-corrected chi connectivity index (χ1v) is 32.9. The number of carbonyl (C=O) groups excluding carboxylic acids is 2. The Kier molecular flexibility index (Phi) is 54.2. The minimum atomic E-state index is -1.10. The van der Waals surface area contributed by atoms with Gasteiger partial charge in [-0.25, -0.2) is 0 Å². The molecule has 4 nitrogen and oxygen atoms in total. The fourth-order valence-corrected chi connectivity index (χ4v) is 13.4. The molecule has 0 aliphatic heterocycles. The van der Waals surface area contributed by atoms with Crippen LogP contribution < -0.4 is 10.2 Å². The second-order valence-electron chi connectivity index (χ2n) is 20.4. The van der Waals surface area contributed by atoms with E-state index in [1.54, 1.807) is 21.7 Å². The Morgan fingerprint density at radius 2 is 0.651 bits per heavy atom. The van der Waals surface area contributed by atoms with Crippen LogP contribution in [0.2, 0.25) is 8.87 Å². The number of carbonyl (C=O) groups is 2. The van der Waals surface area contributed by atoms with Gasteiger partial charge in [0, 0.05) is 17.4 Å². The van der Waals surface area contributed by atoms with Gasteiger partial charge in [0.25, 0.3) is 0 Å². The Morgan fingerprint density at radius 3 is 0.889 bits per heavy atom. The van der Waals surface area contributed by atoms with Gasteiger partial charge in [-0.1, -0.05) is 157 Å². The molecule has 2 unspecified atom stereocenters. The molecule has 0 aromatic carbocycles. The first-order chi connectivity index (χ1) is 30.8. The standard InChI is InChI=1S/C22H42O4.2C18H37.Sn/c1-5-9-12-18(7-3)16-22(21(25)26,15-11-14-20(23)24)17-19(8-4)13-10-6-2;2*1-3-5-7-9-11-13-15-17-18-16-14-12-10-8-6-4-2;/h18-19H,5-17H2,1-4H3,(H,23,24)(H,25,26);2*1,3-18H2,2H3;/q;;;+2/p-2. The smallest absolute Gasteiger partial charge is 0.0654 e. The molecule has 0 aliphatic rings. The van der Waals surface area contributed by atoms with Crippen molar-refractivity contribution in [2.45, 2.75) is 339 Å². The molecule has 0 saturated carbocycles. The minimum Gasteiger partial charge on any atom is -0.0654 e. The summed E-state index contributed by atoms with van der Waals surface area (Å²) in [6, 6.07) is 0. The Hall–Kier alpha value is -0.261. The van der Waals surface area contributed by atoms with Gasteiger partial charge < -0.3 is 19.8 Å². The van der Waals surface area contributed by atoms with Crippen molar-refractivity contribution < 1.29 is 19.8 Å². The number of carboxylic acids is 2. The van der Waals surface area contributed by atoms with Crippen molar-refractivity contribution in [3.8, 4) is 0 Å². The van der Waals surface area contributed by atoms with Crippen LogP contribution in [0.15, 0.2) is 0 Å². The first kappa shape index (κ1) is 64.8. The number of unbranched alkanes of at least 4 members (excludes halogenated alkanes) is 32. The van der Waals surface area contributed by atoms with E-state index in [1.807, 2.05) is 0 Å². The summed E-state index contributed by atoms with van der Waals surface area (Å²) in [5.41, 5.74) is -0.904. The number of rotatable bonds is 51. The van der Waals surface area contributed by atoms with Gasteiger partial charge in [0.15, 0.2) is 0 Å². The molecule has 0 fully saturated rings. The molecule has 0 N–H and O–H groups in total. The maximum atomic E-state index is 12.3. The minimum absolute atomic E-state index is 0.00985. The summed E-state index contributed by atoms with van der Waals surface area (Å²) in [7, 11) is 0. The van der Waals surface area contributed by atoms with Crippen LogP contribution in [0.5, 0.6) is 0 Å². The quantitative estimate of drug-likeness (QED) is 0.0449. The Morgan fingerprint density at radius 1 is 0.381 bits per heavy atom. The third-order valence-electron chi connectivity index (χ3n) is 14.3. The van der Waals surface area contributed by atoms with Crippen LogP contribution >= 0.6 is 0 Å². The average molecular weight is 994 g/mol. The molecule has 0 bridgehead atoms. The van der Waals surface area contributed by atoms with Crippen molar-refractivity contribution in [3.63, 3.8) is 0 Å². The van der Waals surface area contributed by atoms with E-state index in [9.17, 15) is 19.8 Å². The van der Waals surface area contributed by atoms with Crippen molar-refractivity contribution in [1.82, 2.24) is 0 Å². The molecule has 0 aromatic heterocycles. The van der Waals surface area contributed by atoms with Crippen LogP contribution in [0.25, 0.3) is 0 Å². The van der Waals surface area contributed by atoms with Crippen LogP contribution in [0.1, 0.15) is 330 Å². The van der Waals surface area contributed by atoms with Crippen molar-refractivity contribution in [2.75, 3.05) is 0 Å². The van der Waals surface area contributed by atoms with Crippen molar-refractivity contribution >= 4 is 33.1 Å².